The number of aliphatic imine (C=N–C) groups is 1. The van der Waals surface area contributed by atoms with E-state index in [1.807, 2.05) is 13.0 Å². The third kappa shape index (κ3) is 8.26. The van der Waals surface area contributed by atoms with Gasteiger partial charge in [-0.2, -0.15) is 0 Å². The molecule has 2 rings (SSSR count). The number of halogens is 2. The number of ether oxygens (including phenoxy) is 1. The van der Waals surface area contributed by atoms with Crippen molar-refractivity contribution in [2.75, 3.05) is 26.7 Å². The molecule has 0 atom stereocenters. The predicted molar refractivity (Wildman–Crippen MR) is 125 cm³/mol. The fourth-order valence-corrected chi connectivity index (χ4v) is 2.45. The molecule has 0 radical (unpaired) electrons. The van der Waals surface area contributed by atoms with Crippen LogP contribution in [0.25, 0.3) is 0 Å². The normalized spacial score (nSPS) is 10.7. The topological polar surface area (TPSA) is 74.8 Å². The van der Waals surface area contributed by atoms with Crippen LogP contribution in [0.15, 0.2) is 47.5 Å². The van der Waals surface area contributed by atoms with Gasteiger partial charge in [0, 0.05) is 25.2 Å². The average Bonchev–Trinajstić information content (AvgIpc) is 2.71. The van der Waals surface area contributed by atoms with Gasteiger partial charge in [0.2, 0.25) is 0 Å². The van der Waals surface area contributed by atoms with Crippen LogP contribution in [0, 0.1) is 12.7 Å². The monoisotopic (exact) mass is 514 g/mol. The molecule has 0 aliphatic carbocycles. The van der Waals surface area contributed by atoms with Crippen molar-refractivity contribution in [3.8, 4) is 5.75 Å². The van der Waals surface area contributed by atoms with Crippen molar-refractivity contribution < 1.29 is 13.9 Å². The summed E-state index contributed by atoms with van der Waals surface area (Å²) >= 11 is 0. The number of carbonyl (C=O) groups excluding carboxylic acids is 1. The number of hydrogen-bond acceptors (Lipinski definition) is 3. The van der Waals surface area contributed by atoms with Gasteiger partial charge in [0.1, 0.15) is 11.6 Å². The Morgan fingerprint density at radius 3 is 2.38 bits per heavy atom. The largest absolute Gasteiger partial charge is 0.497 e. The van der Waals surface area contributed by atoms with Gasteiger partial charge < -0.3 is 20.7 Å². The molecule has 8 heteroatoms. The zero-order chi connectivity index (χ0) is 20.4. The number of aryl methyl sites for hydroxylation is 1. The quantitative estimate of drug-likeness (QED) is 0.219. The van der Waals surface area contributed by atoms with Crippen LogP contribution in [-0.2, 0) is 6.54 Å². The van der Waals surface area contributed by atoms with E-state index < -0.39 is 0 Å². The minimum atomic E-state index is -0.230. The zero-order valence-electron chi connectivity index (χ0n) is 16.9. The molecule has 0 saturated carbocycles. The maximum Gasteiger partial charge on any atom is 0.251 e. The third-order valence-electron chi connectivity index (χ3n) is 4.06. The van der Waals surface area contributed by atoms with Gasteiger partial charge in [-0.05, 0) is 55.3 Å². The second-order valence-corrected chi connectivity index (χ2v) is 6.19. The summed E-state index contributed by atoms with van der Waals surface area (Å²) in [6.07, 6.45) is 0. The first kappa shape index (κ1) is 24.7. The maximum absolute atomic E-state index is 13.6. The van der Waals surface area contributed by atoms with Crippen LogP contribution < -0.4 is 20.7 Å². The van der Waals surface area contributed by atoms with E-state index in [0.29, 0.717) is 49.0 Å². The fourth-order valence-electron chi connectivity index (χ4n) is 2.45. The Kier molecular flexibility index (Phi) is 11.0. The highest BCUT2D eigenvalue weighted by atomic mass is 127. The van der Waals surface area contributed by atoms with E-state index in [4.69, 9.17) is 4.74 Å². The summed E-state index contributed by atoms with van der Waals surface area (Å²) in [4.78, 5) is 16.6. The van der Waals surface area contributed by atoms with Crippen molar-refractivity contribution in [3.05, 3.63) is 65.0 Å². The molecule has 6 nitrogen and oxygen atoms in total. The van der Waals surface area contributed by atoms with Crippen LogP contribution in [-0.4, -0.2) is 38.6 Å². The first-order valence-corrected chi connectivity index (χ1v) is 9.23. The minimum Gasteiger partial charge on any atom is -0.497 e. The summed E-state index contributed by atoms with van der Waals surface area (Å²) in [5.74, 6) is 0.939. The van der Waals surface area contributed by atoms with Crippen LogP contribution in [0.5, 0.6) is 5.75 Å². The second-order valence-electron chi connectivity index (χ2n) is 6.19. The SMILES string of the molecule is CCNC(=NCc1ccc(C)c(F)c1)NCCNC(=O)c1ccc(OC)cc1.I. The van der Waals surface area contributed by atoms with Crippen molar-refractivity contribution in [1.29, 1.82) is 0 Å². The summed E-state index contributed by atoms with van der Waals surface area (Å²) in [7, 11) is 1.58. The first-order chi connectivity index (χ1) is 13.5. The van der Waals surface area contributed by atoms with Crippen LogP contribution in [0.4, 0.5) is 4.39 Å². The molecule has 0 spiro atoms. The predicted octanol–water partition coefficient (Wildman–Crippen LogP) is 3.25. The number of amides is 1. The molecule has 2 aromatic carbocycles. The lowest BCUT2D eigenvalue weighted by molar-refractivity contribution is 0.0954. The highest BCUT2D eigenvalue weighted by molar-refractivity contribution is 14.0. The second kappa shape index (κ2) is 13.0. The van der Waals surface area contributed by atoms with E-state index in [-0.39, 0.29) is 35.7 Å². The Hall–Kier alpha value is -2.36. The molecule has 158 valence electrons. The van der Waals surface area contributed by atoms with Gasteiger partial charge >= 0.3 is 0 Å². The number of nitrogens with zero attached hydrogens (tertiary/aromatic N) is 1. The van der Waals surface area contributed by atoms with Gasteiger partial charge in [-0.3, -0.25) is 4.79 Å². The van der Waals surface area contributed by atoms with Crippen LogP contribution in [0.1, 0.15) is 28.4 Å². The Morgan fingerprint density at radius 1 is 1.07 bits per heavy atom. The summed E-state index contributed by atoms with van der Waals surface area (Å²) < 4.78 is 18.7. The van der Waals surface area contributed by atoms with Gasteiger partial charge in [0.25, 0.3) is 5.91 Å². The molecule has 0 aliphatic rings. The fraction of sp³-hybridized carbons (Fsp3) is 0.333. The van der Waals surface area contributed by atoms with E-state index in [0.717, 1.165) is 5.56 Å². The molecular weight excluding hydrogens is 486 g/mol. The van der Waals surface area contributed by atoms with E-state index >= 15 is 0 Å². The lowest BCUT2D eigenvalue weighted by atomic mass is 10.1. The smallest absolute Gasteiger partial charge is 0.251 e. The van der Waals surface area contributed by atoms with E-state index in [1.165, 1.54) is 6.07 Å². The van der Waals surface area contributed by atoms with Crippen molar-refractivity contribution in [2.45, 2.75) is 20.4 Å². The summed E-state index contributed by atoms with van der Waals surface area (Å²) in [6.45, 7) is 5.71. The number of nitrogens with one attached hydrogen (secondary N) is 3. The molecule has 0 aliphatic heterocycles. The Balaban J connectivity index is 0.00000420. The van der Waals surface area contributed by atoms with Crippen molar-refractivity contribution >= 4 is 35.8 Å². The summed E-state index contributed by atoms with van der Waals surface area (Å²) in [6, 6.07) is 12.0. The number of hydrogen-bond donors (Lipinski definition) is 3. The van der Waals surface area contributed by atoms with E-state index in [1.54, 1.807) is 44.4 Å². The lowest BCUT2D eigenvalue weighted by Crippen LogP contribution is -2.41. The lowest BCUT2D eigenvalue weighted by Gasteiger charge is -2.12. The van der Waals surface area contributed by atoms with Gasteiger partial charge in [0.15, 0.2) is 5.96 Å². The van der Waals surface area contributed by atoms with E-state index in [9.17, 15) is 9.18 Å². The van der Waals surface area contributed by atoms with E-state index in [2.05, 4.69) is 20.9 Å². The molecule has 29 heavy (non-hydrogen) atoms. The molecular formula is C21H28FIN4O2. The van der Waals surface area contributed by atoms with Gasteiger partial charge in [-0.25, -0.2) is 9.38 Å². The number of benzene rings is 2. The standard InChI is InChI=1S/C21H27FN4O2.HI/c1-4-23-21(26-14-16-6-5-15(2)19(22)13-16)25-12-11-24-20(27)17-7-9-18(28-3)10-8-17;/h5-10,13H,4,11-12,14H2,1-3H3,(H,24,27)(H2,23,25,26);1H. The molecule has 2 aromatic rings. The van der Waals surface area contributed by atoms with Gasteiger partial charge in [-0.15, -0.1) is 24.0 Å². The minimum absolute atomic E-state index is 0. The van der Waals surface area contributed by atoms with Crippen molar-refractivity contribution in [2.24, 2.45) is 4.99 Å². The molecule has 0 unspecified atom stereocenters. The maximum atomic E-state index is 13.6. The molecule has 0 heterocycles. The van der Waals surface area contributed by atoms with Crippen LogP contribution in [0.2, 0.25) is 0 Å². The van der Waals surface area contributed by atoms with Crippen molar-refractivity contribution in [3.63, 3.8) is 0 Å². The number of methoxy groups -OCH3 is 1. The molecule has 0 aromatic heterocycles. The summed E-state index contributed by atoms with van der Waals surface area (Å²) in [5.41, 5.74) is 1.99. The average molecular weight is 514 g/mol. The molecule has 1 amide bonds. The first-order valence-electron chi connectivity index (χ1n) is 9.23. The van der Waals surface area contributed by atoms with Crippen molar-refractivity contribution in [1.82, 2.24) is 16.0 Å². The third-order valence-corrected chi connectivity index (χ3v) is 4.06. The van der Waals surface area contributed by atoms with Crippen LogP contribution in [0.3, 0.4) is 0 Å². The number of rotatable bonds is 8. The molecule has 0 bridgehead atoms. The molecule has 3 N–H and O–H groups in total. The Morgan fingerprint density at radius 2 is 1.76 bits per heavy atom. The Bertz CT molecular complexity index is 813. The number of guanidine groups is 1. The Labute approximate surface area is 188 Å². The molecule has 0 saturated heterocycles. The van der Waals surface area contributed by atoms with Gasteiger partial charge in [-0.1, -0.05) is 12.1 Å². The zero-order valence-corrected chi connectivity index (χ0v) is 19.3. The van der Waals surface area contributed by atoms with Crippen LogP contribution >= 0.6 is 24.0 Å². The highest BCUT2D eigenvalue weighted by Gasteiger charge is 2.05. The molecule has 0 fully saturated rings. The number of carbonyl (C=O) groups is 1. The highest BCUT2D eigenvalue weighted by Crippen LogP contribution is 2.11. The summed E-state index contributed by atoms with van der Waals surface area (Å²) in [5, 5.41) is 9.13. The van der Waals surface area contributed by atoms with Gasteiger partial charge in [0.05, 0.1) is 13.7 Å².